The van der Waals surface area contributed by atoms with Gasteiger partial charge in [0.25, 0.3) is 0 Å². The topological polar surface area (TPSA) is 41.0 Å². The lowest BCUT2D eigenvalue weighted by molar-refractivity contribution is 0.521. The molecule has 19 heavy (non-hydrogen) atoms. The molecule has 2 rings (SSSR count). The van der Waals surface area contributed by atoms with Gasteiger partial charge in [-0.2, -0.15) is 5.10 Å². The van der Waals surface area contributed by atoms with Crippen LogP contribution in [0.15, 0.2) is 12.1 Å². The molecule has 1 aromatic heterocycles. The molecule has 1 atom stereocenters. The molecule has 0 bridgehead atoms. The molecular formula is C15H26N4. The molecule has 0 radical (unpaired) electrons. The van der Waals surface area contributed by atoms with Gasteiger partial charge in [0.15, 0.2) is 5.82 Å². The van der Waals surface area contributed by atoms with E-state index in [0.717, 1.165) is 50.0 Å². The first-order valence-corrected chi connectivity index (χ1v) is 7.58. The second-order valence-corrected chi connectivity index (χ2v) is 5.58. The fraction of sp³-hybridized carbons (Fsp3) is 0.733. The Hall–Kier alpha value is -1.16. The summed E-state index contributed by atoms with van der Waals surface area (Å²) in [4.78, 5) is 2.37. The number of anilines is 1. The summed E-state index contributed by atoms with van der Waals surface area (Å²) in [5.74, 6) is 1.88. The first kappa shape index (κ1) is 14.3. The van der Waals surface area contributed by atoms with Crippen LogP contribution in [0.1, 0.15) is 45.2 Å². The fourth-order valence-electron chi connectivity index (χ4n) is 2.50. The van der Waals surface area contributed by atoms with Crippen molar-refractivity contribution in [3.63, 3.8) is 0 Å². The predicted molar refractivity (Wildman–Crippen MR) is 79.3 cm³/mol. The van der Waals surface area contributed by atoms with Crippen molar-refractivity contribution in [1.29, 1.82) is 0 Å². The van der Waals surface area contributed by atoms with E-state index >= 15 is 0 Å². The fourth-order valence-corrected chi connectivity index (χ4v) is 2.50. The van der Waals surface area contributed by atoms with E-state index in [1.165, 1.54) is 19.3 Å². The van der Waals surface area contributed by atoms with E-state index in [0.29, 0.717) is 0 Å². The second kappa shape index (κ2) is 7.43. The van der Waals surface area contributed by atoms with Gasteiger partial charge in [0, 0.05) is 19.6 Å². The summed E-state index contributed by atoms with van der Waals surface area (Å²) in [6.07, 6.45) is 5.02. The van der Waals surface area contributed by atoms with Gasteiger partial charge in [0.05, 0.1) is 5.69 Å². The number of hydrogen-bond acceptors (Lipinski definition) is 4. The van der Waals surface area contributed by atoms with Crippen molar-refractivity contribution in [2.75, 3.05) is 24.5 Å². The van der Waals surface area contributed by atoms with Crippen LogP contribution in [-0.4, -0.2) is 29.8 Å². The summed E-state index contributed by atoms with van der Waals surface area (Å²) in [5.41, 5.74) is 1.03. The average Bonchev–Trinajstić information content (AvgIpc) is 2.65. The zero-order valence-corrected chi connectivity index (χ0v) is 12.2. The standard InChI is InChI=1S/C15H26N4/c1-3-9-16-12-14-6-7-15(18-17-14)19-10-4-5-13(2)8-11-19/h6-7,13,16H,3-5,8-12H2,1-2H3. The van der Waals surface area contributed by atoms with Crippen LogP contribution in [0.25, 0.3) is 0 Å². The molecule has 4 heteroatoms. The zero-order valence-electron chi connectivity index (χ0n) is 12.2. The Labute approximate surface area is 116 Å². The molecular weight excluding hydrogens is 236 g/mol. The van der Waals surface area contributed by atoms with Gasteiger partial charge in [-0.05, 0) is 50.3 Å². The molecule has 0 amide bonds. The van der Waals surface area contributed by atoms with Crippen LogP contribution < -0.4 is 10.2 Å². The summed E-state index contributed by atoms with van der Waals surface area (Å²) in [5, 5.41) is 12.1. The lowest BCUT2D eigenvalue weighted by Gasteiger charge is -2.20. The molecule has 1 aromatic rings. The van der Waals surface area contributed by atoms with Gasteiger partial charge in [-0.3, -0.25) is 0 Å². The minimum atomic E-state index is 0.818. The Morgan fingerprint density at radius 1 is 1.26 bits per heavy atom. The molecule has 4 nitrogen and oxygen atoms in total. The number of nitrogens with zero attached hydrogens (tertiary/aromatic N) is 3. The summed E-state index contributed by atoms with van der Waals surface area (Å²) >= 11 is 0. The van der Waals surface area contributed by atoms with Crippen molar-refractivity contribution in [2.24, 2.45) is 5.92 Å². The van der Waals surface area contributed by atoms with Gasteiger partial charge >= 0.3 is 0 Å². The third-order valence-corrected chi connectivity index (χ3v) is 3.78. The summed E-state index contributed by atoms with van der Waals surface area (Å²) < 4.78 is 0. The van der Waals surface area contributed by atoms with Gasteiger partial charge in [-0.25, -0.2) is 0 Å². The van der Waals surface area contributed by atoms with Crippen molar-refractivity contribution in [1.82, 2.24) is 15.5 Å². The van der Waals surface area contributed by atoms with Crippen LogP contribution in [0.3, 0.4) is 0 Å². The Morgan fingerprint density at radius 3 is 2.89 bits per heavy atom. The highest BCUT2D eigenvalue weighted by Crippen LogP contribution is 2.20. The molecule has 1 aliphatic rings. The molecule has 106 valence electrons. The second-order valence-electron chi connectivity index (χ2n) is 5.58. The lowest BCUT2D eigenvalue weighted by Crippen LogP contribution is -2.25. The van der Waals surface area contributed by atoms with Crippen LogP contribution in [0.5, 0.6) is 0 Å². The molecule has 1 saturated heterocycles. The SMILES string of the molecule is CCCNCc1ccc(N2CCCC(C)CC2)nn1. The van der Waals surface area contributed by atoms with Gasteiger partial charge in [0.2, 0.25) is 0 Å². The van der Waals surface area contributed by atoms with E-state index in [1.54, 1.807) is 0 Å². The van der Waals surface area contributed by atoms with Crippen molar-refractivity contribution >= 4 is 5.82 Å². The lowest BCUT2D eigenvalue weighted by atomic mass is 10.0. The van der Waals surface area contributed by atoms with Crippen LogP contribution in [0.4, 0.5) is 5.82 Å². The first-order valence-electron chi connectivity index (χ1n) is 7.58. The third kappa shape index (κ3) is 4.46. The van der Waals surface area contributed by atoms with Crippen molar-refractivity contribution in [3.8, 4) is 0 Å². The maximum Gasteiger partial charge on any atom is 0.151 e. The van der Waals surface area contributed by atoms with Gasteiger partial charge in [0.1, 0.15) is 0 Å². The highest BCUT2D eigenvalue weighted by molar-refractivity contribution is 5.37. The van der Waals surface area contributed by atoms with Crippen LogP contribution in [0, 0.1) is 5.92 Å². The molecule has 1 fully saturated rings. The monoisotopic (exact) mass is 262 g/mol. The molecule has 0 aromatic carbocycles. The number of nitrogens with one attached hydrogen (secondary N) is 1. The van der Waals surface area contributed by atoms with Crippen LogP contribution >= 0.6 is 0 Å². The van der Waals surface area contributed by atoms with E-state index in [9.17, 15) is 0 Å². The Kier molecular flexibility index (Phi) is 5.58. The number of aromatic nitrogens is 2. The van der Waals surface area contributed by atoms with Gasteiger partial charge < -0.3 is 10.2 Å². The van der Waals surface area contributed by atoms with Crippen molar-refractivity contribution in [3.05, 3.63) is 17.8 Å². The normalized spacial score (nSPS) is 20.3. The largest absolute Gasteiger partial charge is 0.355 e. The minimum Gasteiger partial charge on any atom is -0.355 e. The van der Waals surface area contributed by atoms with Crippen molar-refractivity contribution in [2.45, 2.75) is 46.1 Å². The van der Waals surface area contributed by atoms with Crippen LogP contribution in [-0.2, 0) is 6.54 Å². The van der Waals surface area contributed by atoms with E-state index in [1.807, 2.05) is 0 Å². The smallest absolute Gasteiger partial charge is 0.151 e. The number of hydrogen-bond donors (Lipinski definition) is 1. The maximum absolute atomic E-state index is 4.38. The molecule has 0 aliphatic carbocycles. The van der Waals surface area contributed by atoms with E-state index < -0.39 is 0 Å². The Bertz CT molecular complexity index is 363. The molecule has 0 spiro atoms. The summed E-state index contributed by atoms with van der Waals surface area (Å²) in [6, 6.07) is 4.21. The Morgan fingerprint density at radius 2 is 2.16 bits per heavy atom. The van der Waals surface area contributed by atoms with Crippen molar-refractivity contribution < 1.29 is 0 Å². The highest BCUT2D eigenvalue weighted by Gasteiger charge is 2.15. The van der Waals surface area contributed by atoms with E-state index in [4.69, 9.17) is 0 Å². The maximum atomic E-state index is 4.38. The van der Waals surface area contributed by atoms with E-state index in [2.05, 4.69) is 46.4 Å². The van der Waals surface area contributed by atoms with Gasteiger partial charge in [-0.1, -0.05) is 13.8 Å². The summed E-state index contributed by atoms with van der Waals surface area (Å²) in [7, 11) is 0. The molecule has 0 saturated carbocycles. The highest BCUT2D eigenvalue weighted by atomic mass is 15.3. The summed E-state index contributed by atoms with van der Waals surface area (Å²) in [6.45, 7) is 8.60. The third-order valence-electron chi connectivity index (χ3n) is 3.78. The number of rotatable bonds is 5. The van der Waals surface area contributed by atoms with Gasteiger partial charge in [-0.15, -0.1) is 5.10 Å². The molecule has 2 heterocycles. The molecule has 1 unspecified atom stereocenters. The zero-order chi connectivity index (χ0) is 13.5. The Balaban J connectivity index is 1.90. The molecule has 1 aliphatic heterocycles. The predicted octanol–water partition coefficient (Wildman–Crippen LogP) is 2.60. The average molecular weight is 262 g/mol. The molecule has 1 N–H and O–H groups in total. The quantitative estimate of drug-likeness (QED) is 0.828. The van der Waals surface area contributed by atoms with Crippen LogP contribution in [0.2, 0.25) is 0 Å². The first-order chi connectivity index (χ1) is 9.29. The van der Waals surface area contributed by atoms with E-state index in [-0.39, 0.29) is 0 Å². The minimum absolute atomic E-state index is 0.818.